The van der Waals surface area contributed by atoms with Gasteiger partial charge in [-0.2, -0.15) is 0 Å². The summed E-state index contributed by atoms with van der Waals surface area (Å²) in [5.41, 5.74) is 12.3. The maximum Gasteiger partial charge on any atom is 0.311 e. The third kappa shape index (κ3) is 12.9. The van der Waals surface area contributed by atoms with Crippen molar-refractivity contribution in [3.8, 4) is 17.2 Å². The molecule has 243 valence electrons. The Morgan fingerprint density at radius 3 is 1.34 bits per heavy atom. The third-order valence-electron chi connectivity index (χ3n) is 6.85. The van der Waals surface area contributed by atoms with Crippen LogP contribution in [0.1, 0.15) is 90.1 Å². The molecule has 0 aliphatic heterocycles. The Bertz CT molecular complexity index is 1310. The molecule has 0 aliphatic carbocycles. The zero-order valence-electron chi connectivity index (χ0n) is 29.3. The van der Waals surface area contributed by atoms with E-state index >= 15 is 0 Å². The van der Waals surface area contributed by atoms with Gasteiger partial charge in [-0.15, -0.1) is 0 Å². The summed E-state index contributed by atoms with van der Waals surface area (Å²) in [4.78, 5) is 10.5. The van der Waals surface area contributed by atoms with Gasteiger partial charge in [0.05, 0.1) is 31.9 Å². The Balaban J connectivity index is 0. The number of ether oxygens (including phenoxy) is 3. The molecule has 3 aromatic rings. The number of rotatable bonds is 4. The number of methoxy groups -OCH3 is 3. The van der Waals surface area contributed by atoms with Crippen LogP contribution in [-0.4, -0.2) is 31.7 Å². The van der Waals surface area contributed by atoms with Gasteiger partial charge in [0, 0.05) is 50.1 Å². The summed E-state index contributed by atoms with van der Waals surface area (Å²) in [6.07, 6.45) is 0. The first-order chi connectivity index (χ1) is 19.2. The number of nitro benzene ring substituents is 1. The van der Waals surface area contributed by atoms with Crippen LogP contribution in [0.2, 0.25) is 0 Å². The minimum absolute atomic E-state index is 0. The van der Waals surface area contributed by atoms with E-state index in [2.05, 4.69) is 59.7 Å². The van der Waals surface area contributed by atoms with E-state index in [9.17, 15) is 10.1 Å². The summed E-state index contributed by atoms with van der Waals surface area (Å²) in [7, 11) is 4.79. The minimum Gasteiger partial charge on any atom is -0.497 e. The van der Waals surface area contributed by atoms with Gasteiger partial charge >= 0.3 is 5.69 Å². The molecule has 8 nitrogen and oxygen atoms in total. The molecular formula is C35H54AcN2O6. The van der Waals surface area contributed by atoms with Gasteiger partial charge in [-0.1, -0.05) is 86.6 Å². The molecule has 0 spiro atoms. The molecular weight excluding hydrogens is 771 g/mol. The third-order valence-corrected chi connectivity index (χ3v) is 6.85. The molecule has 0 aliphatic rings. The molecule has 3 rings (SSSR count). The average Bonchev–Trinajstić information content (AvgIpc) is 2.87. The van der Waals surface area contributed by atoms with Crippen LogP contribution < -0.4 is 19.9 Å². The number of nitro groups is 1. The Hall–Kier alpha value is -2.34. The van der Waals surface area contributed by atoms with Crippen molar-refractivity contribution in [1.82, 2.24) is 0 Å². The van der Waals surface area contributed by atoms with E-state index in [1.165, 1.54) is 18.2 Å². The van der Waals surface area contributed by atoms with Gasteiger partial charge in [0.2, 0.25) is 0 Å². The average molecular weight is 826 g/mol. The van der Waals surface area contributed by atoms with E-state index in [-0.39, 0.29) is 71.5 Å². The zero-order chi connectivity index (χ0) is 32.6. The fourth-order valence-corrected chi connectivity index (χ4v) is 4.19. The van der Waals surface area contributed by atoms with Crippen LogP contribution in [0.5, 0.6) is 17.2 Å². The molecule has 1 radical (unpaired) electrons. The Labute approximate surface area is 301 Å². The van der Waals surface area contributed by atoms with E-state index in [1.54, 1.807) is 20.3 Å². The maximum absolute atomic E-state index is 10.9. The molecule has 0 saturated heterocycles. The molecule has 3 aromatic carbocycles. The number of nitrogens with zero attached hydrogens (tertiary/aromatic N) is 1. The summed E-state index contributed by atoms with van der Waals surface area (Å²) >= 11 is 0. The number of anilines is 1. The number of nitrogens with two attached hydrogens (primary N) is 1. The molecule has 0 heterocycles. The second-order valence-electron chi connectivity index (χ2n) is 13.5. The van der Waals surface area contributed by atoms with Crippen molar-refractivity contribution >= 4 is 11.4 Å². The number of benzene rings is 3. The maximum atomic E-state index is 10.9. The molecule has 0 unspecified atom stereocenters. The summed E-state index contributed by atoms with van der Waals surface area (Å²) in [6, 6.07) is 15.9. The number of aryl methyl sites for hydroxylation is 2. The monoisotopic (exact) mass is 825 g/mol. The van der Waals surface area contributed by atoms with Crippen LogP contribution in [0.3, 0.4) is 0 Å². The topological polar surface area (TPSA) is 128 Å². The van der Waals surface area contributed by atoms with E-state index in [1.807, 2.05) is 58.9 Å². The normalized spacial score (nSPS) is 10.9. The van der Waals surface area contributed by atoms with Crippen LogP contribution >= 0.6 is 0 Å². The molecule has 0 atom stereocenters. The summed E-state index contributed by atoms with van der Waals surface area (Å²) in [5, 5.41) is 10.9. The SMILES string of the molecule is COc1c(C)cc(C(C)(C)C)cc1N.COc1c(C)cc(C(C)(C)C)cc1[N+](=O)[O-].COc1ccc(C(C)(C)C)cc1.O.[Ac]. The van der Waals surface area contributed by atoms with Gasteiger partial charge in [-0.25, -0.2) is 0 Å². The second kappa shape index (κ2) is 18.0. The zero-order valence-corrected chi connectivity index (χ0v) is 34.0. The van der Waals surface area contributed by atoms with E-state index in [4.69, 9.17) is 19.9 Å². The van der Waals surface area contributed by atoms with E-state index < -0.39 is 4.92 Å². The predicted octanol–water partition coefficient (Wildman–Crippen LogP) is 8.26. The molecule has 9 heteroatoms. The van der Waals surface area contributed by atoms with Crippen molar-refractivity contribution in [3.05, 3.63) is 86.5 Å². The molecule has 0 fully saturated rings. The van der Waals surface area contributed by atoms with E-state index in [0.29, 0.717) is 5.75 Å². The Kier molecular flexibility index (Phi) is 17.9. The van der Waals surface area contributed by atoms with Crippen molar-refractivity contribution in [2.45, 2.75) is 92.4 Å². The van der Waals surface area contributed by atoms with Crippen LogP contribution in [0.25, 0.3) is 0 Å². The summed E-state index contributed by atoms with van der Waals surface area (Å²) < 4.78 is 15.4. The molecule has 4 N–H and O–H groups in total. The van der Waals surface area contributed by atoms with Crippen molar-refractivity contribution in [2.75, 3.05) is 27.1 Å². The molecule has 0 aromatic heterocycles. The van der Waals surface area contributed by atoms with Gasteiger partial charge in [0.25, 0.3) is 0 Å². The number of hydrogen-bond acceptors (Lipinski definition) is 6. The Morgan fingerprint density at radius 2 is 1.02 bits per heavy atom. The smallest absolute Gasteiger partial charge is 0.311 e. The van der Waals surface area contributed by atoms with Crippen molar-refractivity contribution < 1.29 is 68.7 Å². The van der Waals surface area contributed by atoms with Crippen LogP contribution in [0, 0.1) is 68.0 Å². The van der Waals surface area contributed by atoms with Crippen molar-refractivity contribution in [3.63, 3.8) is 0 Å². The van der Waals surface area contributed by atoms with Gasteiger partial charge in [-0.05, 0) is 76.1 Å². The van der Waals surface area contributed by atoms with Gasteiger partial charge in [0.1, 0.15) is 11.5 Å². The number of hydrogen-bond donors (Lipinski definition) is 1. The van der Waals surface area contributed by atoms with Gasteiger partial charge in [-0.3, -0.25) is 10.1 Å². The van der Waals surface area contributed by atoms with Crippen molar-refractivity contribution in [1.29, 1.82) is 0 Å². The molecule has 0 bridgehead atoms. The summed E-state index contributed by atoms with van der Waals surface area (Å²) in [5.74, 6) is 2.05. The van der Waals surface area contributed by atoms with Crippen LogP contribution in [0.4, 0.5) is 11.4 Å². The fourth-order valence-electron chi connectivity index (χ4n) is 4.19. The molecule has 44 heavy (non-hydrogen) atoms. The predicted molar refractivity (Wildman–Crippen MR) is 179 cm³/mol. The first-order valence-corrected chi connectivity index (χ1v) is 14.1. The van der Waals surface area contributed by atoms with Crippen LogP contribution in [0.15, 0.2) is 48.5 Å². The summed E-state index contributed by atoms with van der Waals surface area (Å²) in [6.45, 7) is 23.0. The van der Waals surface area contributed by atoms with Crippen LogP contribution in [-0.2, 0) is 16.2 Å². The second-order valence-corrected chi connectivity index (χ2v) is 13.5. The minimum atomic E-state index is -0.402. The Morgan fingerprint density at radius 1 is 0.636 bits per heavy atom. The standard InChI is InChI=1S/C12H17NO3.C12H19NO.C11H16O.Ac.H2O/c1-8-6-9(12(2,3)4)7-10(13(14)15)11(8)16-5;1-8-6-9(12(2,3)4)7-10(13)11(8)14-5;1-11(2,3)9-5-7-10(12-4)8-6-9;;/h6-7H,1-5H3;6-7H,13H2,1-5H3;5-8H,1-4H3;;1H2. The molecule has 0 saturated carbocycles. The molecule has 0 amide bonds. The number of nitrogen functional groups attached to an aromatic ring is 1. The van der Waals surface area contributed by atoms with E-state index in [0.717, 1.165) is 33.9 Å². The van der Waals surface area contributed by atoms with Crippen molar-refractivity contribution in [2.24, 2.45) is 0 Å². The van der Waals surface area contributed by atoms with Gasteiger partial charge < -0.3 is 25.4 Å². The first kappa shape index (κ1) is 43.8. The quantitative estimate of drug-likeness (QED) is 0.160. The largest absolute Gasteiger partial charge is 0.497 e. The first-order valence-electron chi connectivity index (χ1n) is 14.1. The van der Waals surface area contributed by atoms with Gasteiger partial charge in [0.15, 0.2) is 5.75 Å². The fraction of sp³-hybridized carbons (Fsp3) is 0.486.